The monoisotopic (exact) mass is 478 g/mol. The van der Waals surface area contributed by atoms with Gasteiger partial charge in [-0.2, -0.15) is 5.10 Å². The fraction of sp³-hybridized carbons (Fsp3) is 0.433. The third kappa shape index (κ3) is 2.81. The summed E-state index contributed by atoms with van der Waals surface area (Å²) >= 11 is 0. The average Bonchev–Trinajstić information content (AvgIpc) is 3.53. The van der Waals surface area contributed by atoms with Crippen LogP contribution in [-0.2, 0) is 6.54 Å². The number of nitrogens with zero attached hydrogens (tertiary/aromatic N) is 4. The van der Waals surface area contributed by atoms with E-state index < -0.39 is 0 Å². The number of ketones is 1. The van der Waals surface area contributed by atoms with Crippen molar-refractivity contribution in [3.8, 4) is 11.4 Å². The zero-order chi connectivity index (χ0) is 24.3. The standard InChI is InChI=1S/C30H30N4O2/c1-16-24-8-7-21(30(36)33-14-23-9-22-12-26(33)28(22)23)15-34(24)31-29(16)27-11-20-6-5-19(17(2)35)10-25(20)32(27)13-18-3-4-18/h5-8,10-11,15,18,22-23,26,28H,3-4,9,12-14H2,1-2H3/t22?,23?,26?,28-/m1/s1. The van der Waals surface area contributed by atoms with E-state index in [1.54, 1.807) is 6.92 Å². The first-order valence-corrected chi connectivity index (χ1v) is 13.4. The maximum atomic E-state index is 13.4. The van der Waals surface area contributed by atoms with Crippen LogP contribution in [0.25, 0.3) is 27.8 Å². The first kappa shape index (κ1) is 20.7. The Morgan fingerprint density at radius 2 is 1.83 bits per heavy atom. The number of hydrogen-bond acceptors (Lipinski definition) is 3. The molecule has 4 aliphatic rings. The summed E-state index contributed by atoms with van der Waals surface area (Å²) in [6.07, 6.45) is 6.93. The summed E-state index contributed by atoms with van der Waals surface area (Å²) in [4.78, 5) is 27.7. The highest BCUT2D eigenvalue weighted by molar-refractivity contribution is 5.99. The topological polar surface area (TPSA) is 59.6 Å². The molecule has 4 aromatic rings. The summed E-state index contributed by atoms with van der Waals surface area (Å²) in [5.74, 6) is 3.31. The number of aromatic nitrogens is 3. The van der Waals surface area contributed by atoms with Crippen molar-refractivity contribution >= 4 is 28.1 Å². The van der Waals surface area contributed by atoms with Gasteiger partial charge in [0.15, 0.2) is 5.78 Å². The van der Waals surface area contributed by atoms with Crippen LogP contribution in [0, 0.1) is 30.6 Å². The number of Topliss-reactive ketones (excluding diaryl/α,β-unsaturated/α-hetero) is 1. The summed E-state index contributed by atoms with van der Waals surface area (Å²) < 4.78 is 4.25. The van der Waals surface area contributed by atoms with Crippen molar-refractivity contribution in [3.05, 3.63) is 59.3 Å². The maximum Gasteiger partial charge on any atom is 0.255 e. The fourth-order valence-corrected chi connectivity index (χ4v) is 7.33. The van der Waals surface area contributed by atoms with Crippen LogP contribution in [0.3, 0.4) is 0 Å². The predicted molar refractivity (Wildman–Crippen MR) is 138 cm³/mol. The Morgan fingerprint density at radius 1 is 1.00 bits per heavy atom. The van der Waals surface area contributed by atoms with E-state index in [1.165, 1.54) is 25.7 Å². The minimum atomic E-state index is 0.0853. The number of carbonyl (C=O) groups is 2. The van der Waals surface area contributed by atoms with E-state index in [4.69, 9.17) is 5.10 Å². The quantitative estimate of drug-likeness (QED) is 0.363. The van der Waals surface area contributed by atoms with Crippen molar-refractivity contribution in [1.82, 2.24) is 19.1 Å². The number of aryl methyl sites for hydroxylation is 1. The number of hydrogen-bond donors (Lipinski definition) is 0. The SMILES string of the molecule is CC(=O)c1ccc2cc(-c3nn4cc(C(=O)N5CC6CC7CC5[C@H]76)ccc4c3C)n(CC3CC3)c2c1. The second-order valence-electron chi connectivity index (χ2n) is 11.7. The molecule has 1 aromatic carbocycles. The van der Waals surface area contributed by atoms with Crippen LogP contribution < -0.4 is 0 Å². The molecule has 0 spiro atoms. The molecule has 4 fully saturated rings. The molecule has 3 saturated carbocycles. The molecular formula is C30H30N4O2. The van der Waals surface area contributed by atoms with Gasteiger partial charge in [-0.05, 0) is 87.5 Å². The van der Waals surface area contributed by atoms with Crippen molar-refractivity contribution in [2.75, 3.05) is 6.54 Å². The summed E-state index contributed by atoms with van der Waals surface area (Å²) in [6, 6.07) is 12.7. The second-order valence-corrected chi connectivity index (χ2v) is 11.7. The van der Waals surface area contributed by atoms with Crippen molar-refractivity contribution < 1.29 is 9.59 Å². The highest BCUT2D eigenvalue weighted by Gasteiger charge is 2.61. The van der Waals surface area contributed by atoms with E-state index in [2.05, 4.69) is 34.6 Å². The number of fused-ring (bicyclic) bond motifs is 2. The van der Waals surface area contributed by atoms with Crippen LogP contribution in [0.4, 0.5) is 0 Å². The minimum Gasteiger partial charge on any atom is -0.339 e. The third-order valence-corrected chi connectivity index (χ3v) is 9.59. The van der Waals surface area contributed by atoms with Gasteiger partial charge in [-0.15, -0.1) is 0 Å². The summed E-state index contributed by atoms with van der Waals surface area (Å²) in [5.41, 5.74) is 6.74. The Bertz CT molecular complexity index is 1610. The molecule has 6 nitrogen and oxygen atoms in total. The molecule has 3 unspecified atom stereocenters. The van der Waals surface area contributed by atoms with Crippen molar-refractivity contribution in [2.45, 2.75) is 52.1 Å². The Labute approximate surface area is 209 Å². The molecule has 36 heavy (non-hydrogen) atoms. The van der Waals surface area contributed by atoms with Gasteiger partial charge in [0.2, 0.25) is 0 Å². The third-order valence-electron chi connectivity index (χ3n) is 9.59. The lowest BCUT2D eigenvalue weighted by Crippen LogP contribution is -2.53. The lowest BCUT2D eigenvalue weighted by molar-refractivity contribution is -0.0204. The second kappa shape index (κ2) is 7.09. The highest BCUT2D eigenvalue weighted by atomic mass is 16.2. The highest BCUT2D eigenvalue weighted by Crippen LogP contribution is 2.60. The zero-order valence-electron chi connectivity index (χ0n) is 20.8. The molecule has 8 rings (SSSR count). The number of likely N-dealkylation sites (tertiary alicyclic amines) is 1. The molecule has 0 N–H and O–H groups in total. The van der Waals surface area contributed by atoms with Crippen molar-refractivity contribution in [1.29, 1.82) is 0 Å². The molecule has 1 aliphatic heterocycles. The predicted octanol–water partition coefficient (Wildman–Crippen LogP) is 5.36. The lowest BCUT2D eigenvalue weighted by atomic mass is 9.53. The molecular weight excluding hydrogens is 448 g/mol. The molecule has 0 radical (unpaired) electrons. The lowest BCUT2D eigenvalue weighted by Gasteiger charge is -2.52. The largest absolute Gasteiger partial charge is 0.339 e. The van der Waals surface area contributed by atoms with Gasteiger partial charge in [-0.3, -0.25) is 9.59 Å². The molecule has 4 atom stereocenters. The molecule has 4 heterocycles. The normalized spacial score (nSPS) is 26.2. The Balaban J connectivity index is 1.21. The number of amides is 1. The van der Waals surface area contributed by atoms with Crippen LogP contribution in [0.2, 0.25) is 0 Å². The average molecular weight is 479 g/mol. The first-order valence-electron chi connectivity index (χ1n) is 13.4. The number of carbonyl (C=O) groups excluding carboxylic acids is 2. The van der Waals surface area contributed by atoms with Crippen LogP contribution >= 0.6 is 0 Å². The Hall–Kier alpha value is -3.41. The molecule has 1 saturated heterocycles. The van der Waals surface area contributed by atoms with Gasteiger partial charge < -0.3 is 9.47 Å². The smallest absolute Gasteiger partial charge is 0.255 e. The van der Waals surface area contributed by atoms with E-state index >= 15 is 0 Å². The van der Waals surface area contributed by atoms with Gasteiger partial charge in [0.1, 0.15) is 5.69 Å². The van der Waals surface area contributed by atoms with Gasteiger partial charge in [0.25, 0.3) is 5.91 Å². The molecule has 182 valence electrons. The number of pyridine rings is 1. The van der Waals surface area contributed by atoms with E-state index in [0.29, 0.717) is 12.0 Å². The number of rotatable bonds is 5. The number of benzene rings is 1. The van der Waals surface area contributed by atoms with Gasteiger partial charge in [-0.25, -0.2) is 4.52 Å². The molecule has 0 bridgehead atoms. The summed E-state index contributed by atoms with van der Waals surface area (Å²) in [6.45, 7) is 5.61. The molecule has 1 amide bonds. The van der Waals surface area contributed by atoms with Gasteiger partial charge >= 0.3 is 0 Å². The zero-order valence-corrected chi connectivity index (χ0v) is 20.8. The van der Waals surface area contributed by atoms with E-state index in [9.17, 15) is 9.59 Å². The fourth-order valence-electron chi connectivity index (χ4n) is 7.33. The first-order chi connectivity index (χ1) is 17.5. The van der Waals surface area contributed by atoms with Gasteiger partial charge in [0, 0.05) is 47.4 Å². The van der Waals surface area contributed by atoms with Crippen LogP contribution in [0.5, 0.6) is 0 Å². The summed E-state index contributed by atoms with van der Waals surface area (Å²) in [5, 5.41) is 6.15. The minimum absolute atomic E-state index is 0.0853. The Kier molecular flexibility index (Phi) is 4.08. The van der Waals surface area contributed by atoms with Crippen molar-refractivity contribution in [3.63, 3.8) is 0 Å². The van der Waals surface area contributed by atoms with Gasteiger partial charge in [-0.1, -0.05) is 12.1 Å². The van der Waals surface area contributed by atoms with Crippen molar-refractivity contribution in [2.24, 2.45) is 23.7 Å². The van der Waals surface area contributed by atoms with E-state index in [1.807, 2.05) is 28.9 Å². The van der Waals surface area contributed by atoms with Crippen LogP contribution in [0.15, 0.2) is 42.6 Å². The van der Waals surface area contributed by atoms with E-state index in [0.717, 1.165) is 75.3 Å². The van der Waals surface area contributed by atoms with Crippen LogP contribution in [-0.4, -0.2) is 43.4 Å². The van der Waals surface area contributed by atoms with Gasteiger partial charge in [0.05, 0.1) is 16.8 Å². The molecule has 3 aromatic heterocycles. The summed E-state index contributed by atoms with van der Waals surface area (Å²) in [7, 11) is 0. The molecule has 3 aliphatic carbocycles. The maximum absolute atomic E-state index is 13.4. The van der Waals surface area contributed by atoms with E-state index in [-0.39, 0.29) is 11.7 Å². The Morgan fingerprint density at radius 3 is 2.58 bits per heavy atom. The van der Waals surface area contributed by atoms with Crippen LogP contribution in [0.1, 0.15) is 58.9 Å². The molecule has 6 heteroatoms.